The Balaban J connectivity index is 3.52. The Bertz CT molecular complexity index is 243. The number of aliphatic hydroxyl groups excluding tert-OH is 1. The van der Waals surface area contributed by atoms with Crippen LogP contribution in [0.2, 0.25) is 0 Å². The van der Waals surface area contributed by atoms with E-state index in [0.29, 0.717) is 0 Å². The van der Waals surface area contributed by atoms with Crippen LogP contribution in [0.3, 0.4) is 0 Å². The molecule has 0 radical (unpaired) electrons. The molecule has 0 aliphatic heterocycles. The Labute approximate surface area is 150 Å². The second-order valence-electron chi connectivity index (χ2n) is 6.56. The van der Waals surface area contributed by atoms with E-state index >= 15 is 0 Å². The fourth-order valence-electron chi connectivity index (χ4n) is 2.52. The molecule has 0 rings (SSSR count). The fraction of sp³-hybridized carbons (Fsp3) is 0.905. The summed E-state index contributed by atoms with van der Waals surface area (Å²) in [6.45, 7) is 6.31. The molecule has 0 heterocycles. The molecule has 0 bridgehead atoms. The van der Waals surface area contributed by atoms with Gasteiger partial charge >= 0.3 is 0 Å². The summed E-state index contributed by atoms with van der Waals surface area (Å²) in [6.07, 6.45) is 19.6. The van der Waals surface area contributed by atoms with Crippen LogP contribution in [-0.4, -0.2) is 31.2 Å². The van der Waals surface area contributed by atoms with Gasteiger partial charge in [-0.15, -0.1) is 0 Å². The maximum atomic E-state index is 8.68. The van der Waals surface area contributed by atoms with Crippen LogP contribution in [-0.2, 0) is 9.47 Å². The Kier molecular flexibility index (Phi) is 20.3. The molecule has 1 N–H and O–H groups in total. The van der Waals surface area contributed by atoms with Crippen LogP contribution in [0.5, 0.6) is 0 Å². The number of rotatable bonds is 19. The summed E-state index contributed by atoms with van der Waals surface area (Å²) in [6, 6.07) is 0. The predicted octanol–water partition coefficient (Wildman–Crippen LogP) is 6.01. The van der Waals surface area contributed by atoms with Crippen LogP contribution in [0.1, 0.15) is 97.3 Å². The molecule has 0 amide bonds. The Hall–Kier alpha value is -0.380. The minimum Gasteiger partial charge on any atom is -0.396 e. The van der Waals surface area contributed by atoms with E-state index in [9.17, 15) is 0 Å². The average Bonchev–Trinajstić information content (AvgIpc) is 2.59. The molecule has 0 aromatic heterocycles. The fourth-order valence-corrected chi connectivity index (χ4v) is 2.52. The highest BCUT2D eigenvalue weighted by molar-refractivity contribution is 4.80. The molecular formula is C21H42O3. The van der Waals surface area contributed by atoms with E-state index in [0.717, 1.165) is 45.3 Å². The van der Waals surface area contributed by atoms with Crippen LogP contribution in [0.25, 0.3) is 0 Å². The van der Waals surface area contributed by atoms with Gasteiger partial charge in [0.25, 0.3) is 0 Å². The molecular weight excluding hydrogens is 300 g/mol. The molecule has 0 aromatic rings. The first-order chi connectivity index (χ1) is 11.8. The number of unbranched alkanes of at least 4 members (excludes halogenated alkanes) is 8. The monoisotopic (exact) mass is 342 g/mol. The number of hydrogen-bond donors (Lipinski definition) is 1. The quantitative estimate of drug-likeness (QED) is 0.178. The summed E-state index contributed by atoms with van der Waals surface area (Å²) in [5, 5.41) is 8.68. The SMILES string of the molecule is CCCCOC(CCCCCCCC/C=C/CCO)OCCCC. The van der Waals surface area contributed by atoms with Gasteiger partial charge in [-0.25, -0.2) is 0 Å². The van der Waals surface area contributed by atoms with E-state index in [1.807, 2.05) is 0 Å². The van der Waals surface area contributed by atoms with Crippen LogP contribution >= 0.6 is 0 Å². The minimum absolute atomic E-state index is 0.0137. The van der Waals surface area contributed by atoms with Crippen molar-refractivity contribution in [2.45, 2.75) is 104 Å². The Morgan fingerprint density at radius 1 is 0.708 bits per heavy atom. The van der Waals surface area contributed by atoms with E-state index in [1.165, 1.54) is 51.4 Å². The van der Waals surface area contributed by atoms with E-state index in [2.05, 4.69) is 26.0 Å². The summed E-state index contributed by atoms with van der Waals surface area (Å²) in [4.78, 5) is 0. The van der Waals surface area contributed by atoms with Gasteiger partial charge in [-0.1, -0.05) is 64.5 Å². The minimum atomic E-state index is 0.0137. The zero-order chi connectivity index (χ0) is 17.7. The van der Waals surface area contributed by atoms with Gasteiger partial charge in [0.2, 0.25) is 0 Å². The molecule has 0 atom stereocenters. The highest BCUT2D eigenvalue weighted by Crippen LogP contribution is 2.13. The lowest BCUT2D eigenvalue weighted by atomic mass is 10.1. The van der Waals surface area contributed by atoms with E-state index in [-0.39, 0.29) is 12.9 Å². The molecule has 0 saturated carbocycles. The zero-order valence-electron chi connectivity index (χ0n) is 16.3. The Morgan fingerprint density at radius 2 is 1.25 bits per heavy atom. The second-order valence-corrected chi connectivity index (χ2v) is 6.56. The van der Waals surface area contributed by atoms with Gasteiger partial charge in [-0.05, 0) is 44.9 Å². The summed E-state index contributed by atoms with van der Waals surface area (Å²) < 4.78 is 11.7. The molecule has 0 aromatic carbocycles. The van der Waals surface area contributed by atoms with Crippen LogP contribution < -0.4 is 0 Å². The van der Waals surface area contributed by atoms with Gasteiger partial charge in [0.1, 0.15) is 0 Å². The number of ether oxygens (including phenoxy) is 2. The maximum Gasteiger partial charge on any atom is 0.157 e. The summed E-state index contributed by atoms with van der Waals surface area (Å²) >= 11 is 0. The highest BCUT2D eigenvalue weighted by atomic mass is 16.7. The average molecular weight is 343 g/mol. The van der Waals surface area contributed by atoms with Gasteiger partial charge in [0, 0.05) is 19.8 Å². The van der Waals surface area contributed by atoms with E-state index < -0.39 is 0 Å². The van der Waals surface area contributed by atoms with E-state index in [1.54, 1.807) is 0 Å². The van der Waals surface area contributed by atoms with E-state index in [4.69, 9.17) is 14.6 Å². The molecule has 3 heteroatoms. The number of hydrogen-bond acceptors (Lipinski definition) is 3. The third kappa shape index (κ3) is 18.0. The molecule has 0 spiro atoms. The van der Waals surface area contributed by atoms with Gasteiger partial charge in [-0.2, -0.15) is 0 Å². The van der Waals surface area contributed by atoms with Crippen molar-refractivity contribution in [2.75, 3.05) is 19.8 Å². The van der Waals surface area contributed by atoms with Crippen molar-refractivity contribution in [1.29, 1.82) is 0 Å². The first-order valence-corrected chi connectivity index (χ1v) is 10.3. The summed E-state index contributed by atoms with van der Waals surface area (Å²) in [7, 11) is 0. The van der Waals surface area contributed by atoms with Crippen LogP contribution in [0.15, 0.2) is 12.2 Å². The summed E-state index contributed by atoms with van der Waals surface area (Å²) in [5.41, 5.74) is 0. The van der Waals surface area contributed by atoms with Gasteiger partial charge < -0.3 is 14.6 Å². The van der Waals surface area contributed by atoms with Crippen LogP contribution in [0.4, 0.5) is 0 Å². The smallest absolute Gasteiger partial charge is 0.157 e. The number of aliphatic hydroxyl groups is 1. The molecule has 0 aliphatic rings. The molecule has 0 fully saturated rings. The first kappa shape index (κ1) is 23.6. The lowest BCUT2D eigenvalue weighted by Crippen LogP contribution is -2.18. The molecule has 3 nitrogen and oxygen atoms in total. The zero-order valence-corrected chi connectivity index (χ0v) is 16.3. The van der Waals surface area contributed by atoms with Crippen molar-refractivity contribution < 1.29 is 14.6 Å². The maximum absolute atomic E-state index is 8.68. The van der Waals surface area contributed by atoms with Crippen molar-refractivity contribution in [3.05, 3.63) is 12.2 Å². The van der Waals surface area contributed by atoms with Crippen molar-refractivity contribution in [1.82, 2.24) is 0 Å². The predicted molar refractivity (Wildman–Crippen MR) is 103 cm³/mol. The molecule has 0 aliphatic carbocycles. The standard InChI is InChI=1S/C21H42O3/c1-3-5-19-23-21(24-20-6-4-2)17-15-13-11-9-7-8-10-12-14-16-18-22/h12,14,21-22H,3-11,13,15-20H2,1-2H3/b14-12+. The molecule has 0 saturated heterocycles. The third-order valence-corrected chi connectivity index (χ3v) is 4.13. The molecule has 144 valence electrons. The van der Waals surface area contributed by atoms with Crippen molar-refractivity contribution >= 4 is 0 Å². The topological polar surface area (TPSA) is 38.7 Å². The van der Waals surface area contributed by atoms with Gasteiger partial charge in [0.05, 0.1) is 0 Å². The van der Waals surface area contributed by atoms with Crippen molar-refractivity contribution in [3.8, 4) is 0 Å². The Morgan fingerprint density at radius 3 is 1.83 bits per heavy atom. The molecule has 0 unspecified atom stereocenters. The third-order valence-electron chi connectivity index (χ3n) is 4.13. The highest BCUT2D eigenvalue weighted by Gasteiger charge is 2.08. The van der Waals surface area contributed by atoms with Crippen molar-refractivity contribution in [2.24, 2.45) is 0 Å². The second kappa shape index (κ2) is 20.7. The summed E-state index contributed by atoms with van der Waals surface area (Å²) in [5.74, 6) is 0. The van der Waals surface area contributed by atoms with Gasteiger partial charge in [-0.3, -0.25) is 0 Å². The lowest BCUT2D eigenvalue weighted by molar-refractivity contribution is -0.147. The van der Waals surface area contributed by atoms with Crippen LogP contribution in [0, 0.1) is 0 Å². The van der Waals surface area contributed by atoms with Crippen molar-refractivity contribution in [3.63, 3.8) is 0 Å². The molecule has 24 heavy (non-hydrogen) atoms. The first-order valence-electron chi connectivity index (χ1n) is 10.3. The normalized spacial score (nSPS) is 11.8. The largest absolute Gasteiger partial charge is 0.396 e. The lowest BCUT2D eigenvalue weighted by Gasteiger charge is -2.18. The number of allylic oxidation sites excluding steroid dienone is 1. The van der Waals surface area contributed by atoms with Gasteiger partial charge in [0.15, 0.2) is 6.29 Å².